The van der Waals surface area contributed by atoms with E-state index in [1.165, 1.54) is 32.6 Å². The number of amides is 1. The molecule has 36 heavy (non-hydrogen) atoms. The van der Waals surface area contributed by atoms with Gasteiger partial charge in [-0.3, -0.25) is 4.79 Å². The van der Waals surface area contributed by atoms with Crippen LogP contribution in [0.2, 0.25) is 10.0 Å². The standard InChI is InChI=1S/C24H22BrCl2N3O5S/c1-34-19-6-10-23(35-2)17(12-19)13-28-29-24(31)15-30(14-16-3-9-21(26)22(27)11-16)36(32,33)20-7-4-18(25)5-8-20/h3-13H,14-15H2,1-2H3,(H,29,31)/b28-13+. The van der Waals surface area contributed by atoms with Gasteiger partial charge in [-0.05, 0) is 60.2 Å². The van der Waals surface area contributed by atoms with Crippen molar-refractivity contribution >= 4 is 61.3 Å². The lowest BCUT2D eigenvalue weighted by molar-refractivity contribution is -0.121. The van der Waals surface area contributed by atoms with Crippen molar-refractivity contribution in [3.05, 3.63) is 86.3 Å². The molecule has 0 heterocycles. The van der Waals surface area contributed by atoms with Crippen LogP contribution in [0.15, 0.2) is 75.1 Å². The van der Waals surface area contributed by atoms with Crippen molar-refractivity contribution in [3.63, 3.8) is 0 Å². The molecule has 1 N–H and O–H groups in total. The first-order valence-electron chi connectivity index (χ1n) is 10.4. The van der Waals surface area contributed by atoms with Crippen molar-refractivity contribution in [2.45, 2.75) is 11.4 Å². The summed E-state index contributed by atoms with van der Waals surface area (Å²) in [5.74, 6) is 0.457. The Bertz CT molecular complexity index is 1370. The Morgan fingerprint density at radius 2 is 1.75 bits per heavy atom. The lowest BCUT2D eigenvalue weighted by atomic mass is 10.2. The molecule has 0 radical (unpaired) electrons. The number of carbonyl (C=O) groups is 1. The van der Waals surface area contributed by atoms with Crippen LogP contribution in [0.25, 0.3) is 0 Å². The van der Waals surface area contributed by atoms with E-state index in [0.29, 0.717) is 27.6 Å². The molecular formula is C24H22BrCl2N3O5S. The molecule has 0 aliphatic heterocycles. The SMILES string of the molecule is COc1ccc(OC)c(/C=N/NC(=O)CN(Cc2ccc(Cl)c(Cl)c2)S(=O)(=O)c2ccc(Br)cc2)c1. The van der Waals surface area contributed by atoms with E-state index in [4.69, 9.17) is 32.7 Å². The molecule has 190 valence electrons. The van der Waals surface area contributed by atoms with Crippen LogP contribution in [0.3, 0.4) is 0 Å². The van der Waals surface area contributed by atoms with E-state index in [0.717, 1.165) is 8.78 Å². The van der Waals surface area contributed by atoms with Crippen molar-refractivity contribution in [2.75, 3.05) is 20.8 Å². The molecule has 0 spiro atoms. The molecule has 1 amide bonds. The maximum Gasteiger partial charge on any atom is 0.255 e. The lowest BCUT2D eigenvalue weighted by Gasteiger charge is -2.22. The van der Waals surface area contributed by atoms with Crippen molar-refractivity contribution in [3.8, 4) is 11.5 Å². The van der Waals surface area contributed by atoms with Crippen LogP contribution in [-0.2, 0) is 21.4 Å². The maximum atomic E-state index is 13.4. The third kappa shape index (κ3) is 7.21. The van der Waals surface area contributed by atoms with Crippen molar-refractivity contribution in [1.29, 1.82) is 0 Å². The normalized spacial score (nSPS) is 11.6. The number of carbonyl (C=O) groups excluding carboxylic acids is 1. The number of ether oxygens (including phenoxy) is 2. The maximum absolute atomic E-state index is 13.4. The van der Waals surface area contributed by atoms with Gasteiger partial charge in [0, 0.05) is 16.6 Å². The lowest BCUT2D eigenvalue weighted by Crippen LogP contribution is -2.39. The van der Waals surface area contributed by atoms with Crippen LogP contribution in [0.4, 0.5) is 0 Å². The average molecular weight is 615 g/mol. The van der Waals surface area contributed by atoms with E-state index < -0.39 is 22.5 Å². The quantitative estimate of drug-likeness (QED) is 0.253. The Morgan fingerprint density at radius 1 is 1.03 bits per heavy atom. The molecule has 0 aromatic heterocycles. The van der Waals surface area contributed by atoms with Gasteiger partial charge in [0.15, 0.2) is 0 Å². The molecular weight excluding hydrogens is 593 g/mol. The number of rotatable bonds is 10. The number of nitrogens with one attached hydrogen (secondary N) is 1. The van der Waals surface area contributed by atoms with Gasteiger partial charge in [-0.1, -0.05) is 45.2 Å². The van der Waals surface area contributed by atoms with E-state index in [9.17, 15) is 13.2 Å². The topological polar surface area (TPSA) is 97.3 Å². The number of methoxy groups -OCH3 is 2. The second kappa shape index (κ2) is 12.6. The molecule has 0 saturated heterocycles. The number of halogens is 3. The number of sulfonamides is 1. The minimum Gasteiger partial charge on any atom is -0.497 e. The van der Waals surface area contributed by atoms with Gasteiger partial charge in [0.05, 0.1) is 41.9 Å². The molecule has 0 fully saturated rings. The van der Waals surface area contributed by atoms with Crippen LogP contribution in [0.5, 0.6) is 11.5 Å². The van der Waals surface area contributed by atoms with Gasteiger partial charge in [-0.15, -0.1) is 0 Å². The first-order valence-corrected chi connectivity index (χ1v) is 13.4. The summed E-state index contributed by atoms with van der Waals surface area (Å²) in [7, 11) is -1.01. The van der Waals surface area contributed by atoms with Crippen molar-refractivity contribution in [1.82, 2.24) is 9.73 Å². The van der Waals surface area contributed by atoms with Crippen molar-refractivity contribution < 1.29 is 22.7 Å². The fraction of sp³-hybridized carbons (Fsp3) is 0.167. The van der Waals surface area contributed by atoms with Gasteiger partial charge >= 0.3 is 0 Å². The summed E-state index contributed by atoms with van der Waals surface area (Å²) in [6.45, 7) is -0.610. The summed E-state index contributed by atoms with van der Waals surface area (Å²) in [6, 6.07) is 16.0. The zero-order valence-electron chi connectivity index (χ0n) is 19.2. The molecule has 0 aliphatic rings. The van der Waals surface area contributed by atoms with Crippen molar-refractivity contribution in [2.24, 2.45) is 5.10 Å². The van der Waals surface area contributed by atoms with Gasteiger partial charge in [0.1, 0.15) is 11.5 Å². The zero-order chi connectivity index (χ0) is 26.3. The Kier molecular flexibility index (Phi) is 9.75. The Labute approximate surface area is 228 Å². The highest BCUT2D eigenvalue weighted by molar-refractivity contribution is 9.10. The van der Waals surface area contributed by atoms with Gasteiger partial charge in [-0.2, -0.15) is 9.41 Å². The summed E-state index contributed by atoms with van der Waals surface area (Å²) < 4.78 is 39.0. The van der Waals surface area contributed by atoms with E-state index in [-0.39, 0.29) is 16.5 Å². The van der Waals surface area contributed by atoms with Crippen LogP contribution >= 0.6 is 39.1 Å². The average Bonchev–Trinajstić information content (AvgIpc) is 2.86. The monoisotopic (exact) mass is 613 g/mol. The largest absolute Gasteiger partial charge is 0.497 e. The molecule has 0 bridgehead atoms. The molecule has 0 unspecified atom stereocenters. The molecule has 3 aromatic rings. The Balaban J connectivity index is 1.83. The smallest absolute Gasteiger partial charge is 0.255 e. The molecule has 0 saturated carbocycles. The summed E-state index contributed by atoms with van der Waals surface area (Å²) in [4.78, 5) is 12.8. The third-order valence-electron chi connectivity index (χ3n) is 4.94. The first kappa shape index (κ1) is 27.9. The minimum absolute atomic E-state index is 0.0307. The van der Waals surface area contributed by atoms with E-state index >= 15 is 0 Å². The van der Waals surface area contributed by atoms with Crippen LogP contribution in [0, 0.1) is 0 Å². The van der Waals surface area contributed by atoms with Crippen LogP contribution < -0.4 is 14.9 Å². The molecule has 3 aromatic carbocycles. The molecule has 3 rings (SSSR count). The molecule has 12 heteroatoms. The van der Waals surface area contributed by atoms with E-state index in [2.05, 4.69) is 26.5 Å². The third-order valence-corrected chi connectivity index (χ3v) is 8.02. The summed E-state index contributed by atoms with van der Waals surface area (Å²) >= 11 is 15.4. The van der Waals surface area contributed by atoms with Gasteiger partial charge in [0.2, 0.25) is 10.0 Å². The number of nitrogens with zero attached hydrogens (tertiary/aromatic N) is 2. The fourth-order valence-electron chi connectivity index (χ4n) is 3.13. The van der Waals surface area contributed by atoms with E-state index in [1.807, 2.05) is 0 Å². The summed E-state index contributed by atoms with van der Waals surface area (Å²) in [5, 5.41) is 4.56. The Hall–Kier alpha value is -2.63. The highest BCUT2D eigenvalue weighted by Crippen LogP contribution is 2.26. The molecule has 8 nitrogen and oxygen atoms in total. The molecule has 0 atom stereocenters. The minimum atomic E-state index is -4.04. The second-order valence-corrected chi connectivity index (χ2v) is 11.0. The highest BCUT2D eigenvalue weighted by atomic mass is 79.9. The zero-order valence-corrected chi connectivity index (χ0v) is 23.2. The van der Waals surface area contributed by atoms with E-state index in [1.54, 1.807) is 48.5 Å². The van der Waals surface area contributed by atoms with Gasteiger partial charge in [-0.25, -0.2) is 13.8 Å². The first-order chi connectivity index (χ1) is 17.1. The summed E-state index contributed by atoms with van der Waals surface area (Å²) in [6.07, 6.45) is 1.38. The number of hydrogen-bond donors (Lipinski definition) is 1. The van der Waals surface area contributed by atoms with Gasteiger partial charge < -0.3 is 9.47 Å². The molecule has 0 aliphatic carbocycles. The fourth-order valence-corrected chi connectivity index (χ4v) is 5.10. The number of hydrogen-bond acceptors (Lipinski definition) is 6. The second-order valence-electron chi connectivity index (χ2n) is 7.38. The number of hydrazone groups is 1. The predicted molar refractivity (Wildman–Crippen MR) is 143 cm³/mol. The van der Waals surface area contributed by atoms with Crippen LogP contribution in [0.1, 0.15) is 11.1 Å². The van der Waals surface area contributed by atoms with Gasteiger partial charge in [0.25, 0.3) is 5.91 Å². The highest BCUT2D eigenvalue weighted by Gasteiger charge is 2.27. The number of benzene rings is 3. The summed E-state index contributed by atoms with van der Waals surface area (Å²) in [5.41, 5.74) is 3.48. The van der Waals surface area contributed by atoms with Crippen LogP contribution in [-0.4, -0.2) is 45.6 Å². The predicted octanol–water partition coefficient (Wildman–Crippen LogP) is 5.11. The Morgan fingerprint density at radius 3 is 2.39 bits per heavy atom.